The molecule has 10 heterocycles. The lowest BCUT2D eigenvalue weighted by Crippen LogP contribution is -2.66. The van der Waals surface area contributed by atoms with E-state index in [-0.39, 0.29) is 13.4 Å². The molecule has 4 nitrogen and oxygen atoms in total. The minimum absolute atomic E-state index is 0.0475. The number of para-hydroxylation sites is 2. The zero-order valence-electron chi connectivity index (χ0n) is 37.2. The molecular formula is C58H31B2IN4S5. The van der Waals surface area contributed by atoms with Crippen molar-refractivity contribution >= 4 is 217 Å². The minimum Gasteiger partial charge on any atom is -0.307 e. The number of benzene rings is 9. The zero-order chi connectivity index (χ0) is 45.2. The summed E-state index contributed by atoms with van der Waals surface area (Å²) in [7, 11) is 0. The molecule has 0 saturated heterocycles. The molecular weight excluding hydrogens is 1060 g/mol. The summed E-state index contributed by atoms with van der Waals surface area (Å²) in [5, 5.41) is 5.31. The van der Waals surface area contributed by atoms with Gasteiger partial charge in [0.25, 0.3) is 13.4 Å². The maximum Gasteiger partial charge on any atom is 0.252 e. The number of anilines is 12. The van der Waals surface area contributed by atoms with Gasteiger partial charge in [0.05, 0.1) is 59.8 Å². The van der Waals surface area contributed by atoms with Crippen LogP contribution in [0.25, 0.3) is 21.5 Å². The summed E-state index contributed by atoms with van der Waals surface area (Å²) in [5.74, 6) is 0. The quantitative estimate of drug-likeness (QED) is 0.127. The number of unbranched alkanes of at least 4 members (excludes halogenated alkanes) is 1. The molecule has 0 atom stereocenters. The number of nitrogens with zero attached hydrogens (tertiary/aromatic N) is 4. The Bertz CT molecular complexity index is 4280. The van der Waals surface area contributed by atoms with Gasteiger partial charge in [-0.1, -0.05) is 145 Å². The molecule has 0 amide bonds. The Morgan fingerprint density at radius 3 is 1.44 bits per heavy atom. The van der Waals surface area contributed by atoms with Gasteiger partial charge in [-0.2, -0.15) is 0 Å². The highest BCUT2D eigenvalue weighted by atomic mass is 127. The molecule has 9 aliphatic rings. The molecule has 1 aromatic heterocycles. The van der Waals surface area contributed by atoms with Gasteiger partial charge in [0, 0.05) is 55.4 Å². The van der Waals surface area contributed by atoms with Crippen molar-refractivity contribution in [2.75, 3.05) is 19.6 Å². The molecule has 326 valence electrons. The predicted octanol–water partition coefficient (Wildman–Crippen LogP) is 14.3. The summed E-state index contributed by atoms with van der Waals surface area (Å²) in [6.07, 6.45) is 3.38. The van der Waals surface area contributed by atoms with E-state index in [1.54, 1.807) is 0 Å². The summed E-state index contributed by atoms with van der Waals surface area (Å²) in [6.45, 7) is 2.44. The summed E-state index contributed by atoms with van der Waals surface area (Å²) in [5.41, 5.74) is 24.9. The molecule has 0 aliphatic carbocycles. The molecule has 19 rings (SSSR count). The lowest BCUT2D eigenvalue weighted by Gasteiger charge is -2.53. The highest BCUT2D eigenvalue weighted by molar-refractivity contribution is 14.1. The first-order chi connectivity index (χ1) is 34.6. The molecule has 0 N–H and O–H groups in total. The average Bonchev–Trinajstić information content (AvgIpc) is 3.74. The van der Waals surface area contributed by atoms with Gasteiger partial charge in [0.1, 0.15) is 0 Å². The Hall–Kier alpha value is -5.34. The van der Waals surface area contributed by atoms with Crippen LogP contribution in [0.4, 0.5) is 68.2 Å². The fourth-order valence-corrected chi connectivity index (χ4v) is 21.2. The Balaban J connectivity index is 0.963. The summed E-state index contributed by atoms with van der Waals surface area (Å²) in [6, 6.07) is 52.5. The topological polar surface area (TPSA) is 13.0 Å². The maximum atomic E-state index is 2.80. The van der Waals surface area contributed by atoms with E-state index in [4.69, 9.17) is 0 Å². The van der Waals surface area contributed by atoms with Crippen molar-refractivity contribution in [2.24, 2.45) is 0 Å². The van der Waals surface area contributed by atoms with Crippen LogP contribution in [0, 0.1) is 2.88 Å². The Morgan fingerprint density at radius 1 is 0.429 bits per heavy atom. The van der Waals surface area contributed by atoms with Crippen LogP contribution in [0.3, 0.4) is 0 Å². The number of hydrogen-bond acceptors (Lipinski definition) is 9. The van der Waals surface area contributed by atoms with E-state index in [1.165, 1.54) is 169 Å². The number of hydrogen-bond donors (Lipinski definition) is 0. The first kappa shape index (κ1) is 38.4. The van der Waals surface area contributed by atoms with Gasteiger partial charge in [-0.15, -0.1) is 11.3 Å². The van der Waals surface area contributed by atoms with E-state index < -0.39 is 0 Å². The van der Waals surface area contributed by atoms with Gasteiger partial charge >= 0.3 is 0 Å². The number of rotatable bonds is 3. The van der Waals surface area contributed by atoms with Crippen molar-refractivity contribution in [3.8, 4) is 0 Å². The van der Waals surface area contributed by atoms with Crippen molar-refractivity contribution < 1.29 is 0 Å². The van der Waals surface area contributed by atoms with Gasteiger partial charge in [0.15, 0.2) is 0 Å². The number of thiophene rings is 1. The predicted molar refractivity (Wildman–Crippen MR) is 309 cm³/mol. The Labute approximate surface area is 439 Å². The van der Waals surface area contributed by atoms with E-state index in [0.29, 0.717) is 0 Å². The monoisotopic (exact) mass is 1090 g/mol. The molecule has 12 heteroatoms. The molecule has 9 aliphatic heterocycles. The average molecular weight is 1090 g/mol. The smallest absolute Gasteiger partial charge is 0.252 e. The van der Waals surface area contributed by atoms with Crippen molar-refractivity contribution in [3.63, 3.8) is 0 Å². The minimum atomic E-state index is 0.0475. The number of halogens is 1. The standard InChI is InChI=1S/C58H31B2IN4S5/c1-2-3-14-41-54-55(58(61)70-41)63-36-22-24-43-53-45(36)60(34-26-28-11-5-7-13-30(28)57-49(34)65(53)51-38(67-43)16-9-18-40(51)69-57)32-20-19-31-46(47(32)63)62(54)35-21-23-42-52-44(35)59(31)33-25-27-10-4-6-12-29(27)56-48(33)64(52)50-37(66-42)15-8-17-39(50)68-56/h4-13,15-26H,2-3,14H2,1H3. The second-order valence-corrected chi connectivity index (χ2v) is 27.0. The van der Waals surface area contributed by atoms with Crippen LogP contribution in [0.5, 0.6) is 0 Å². The number of fused-ring (bicyclic) bond motifs is 13. The zero-order valence-corrected chi connectivity index (χ0v) is 43.4. The Morgan fingerprint density at radius 2 is 0.914 bits per heavy atom. The van der Waals surface area contributed by atoms with Crippen LogP contribution in [0.15, 0.2) is 173 Å². The summed E-state index contributed by atoms with van der Waals surface area (Å²) >= 11 is 12.6. The third kappa shape index (κ3) is 4.29. The third-order valence-electron chi connectivity index (χ3n) is 16.5. The van der Waals surface area contributed by atoms with Crippen molar-refractivity contribution in [1.82, 2.24) is 0 Å². The van der Waals surface area contributed by atoms with Crippen LogP contribution in [0.2, 0.25) is 0 Å². The second-order valence-electron chi connectivity index (χ2n) is 19.8. The molecule has 0 radical (unpaired) electrons. The largest absolute Gasteiger partial charge is 0.307 e. The summed E-state index contributed by atoms with van der Waals surface area (Å²) < 4.78 is 1.36. The maximum absolute atomic E-state index is 2.80. The van der Waals surface area contributed by atoms with Gasteiger partial charge < -0.3 is 19.6 Å². The van der Waals surface area contributed by atoms with Gasteiger partial charge in [-0.3, -0.25) is 0 Å². The van der Waals surface area contributed by atoms with Crippen molar-refractivity contribution in [3.05, 3.63) is 141 Å². The van der Waals surface area contributed by atoms with Crippen LogP contribution in [0.1, 0.15) is 24.6 Å². The number of aryl methyl sites for hydroxylation is 1. The lowest BCUT2D eigenvalue weighted by atomic mass is 9.30. The fourth-order valence-electron chi connectivity index (χ4n) is 14.0. The normalized spacial score (nSPS) is 15.9. The molecule has 70 heavy (non-hydrogen) atoms. The van der Waals surface area contributed by atoms with Crippen molar-refractivity contribution in [1.29, 1.82) is 0 Å². The molecule has 0 spiro atoms. The third-order valence-corrected chi connectivity index (χ3v) is 23.2. The van der Waals surface area contributed by atoms with Crippen LogP contribution < -0.4 is 52.4 Å². The van der Waals surface area contributed by atoms with Crippen LogP contribution >= 0.6 is 81.0 Å². The lowest BCUT2D eigenvalue weighted by molar-refractivity contribution is 0.803. The van der Waals surface area contributed by atoms with Gasteiger partial charge in [-0.05, 0) is 138 Å². The van der Waals surface area contributed by atoms with Crippen molar-refractivity contribution in [2.45, 2.75) is 65.4 Å². The summed E-state index contributed by atoms with van der Waals surface area (Å²) in [4.78, 5) is 23.3. The highest BCUT2D eigenvalue weighted by Crippen LogP contribution is 2.67. The first-order valence-electron chi connectivity index (χ1n) is 24.2. The van der Waals surface area contributed by atoms with Crippen LogP contribution in [-0.2, 0) is 6.42 Å². The van der Waals surface area contributed by atoms with Gasteiger partial charge in [0.2, 0.25) is 0 Å². The van der Waals surface area contributed by atoms with E-state index in [2.05, 4.69) is 183 Å². The molecule has 0 saturated carbocycles. The van der Waals surface area contributed by atoms with E-state index in [1.807, 2.05) is 58.4 Å². The highest BCUT2D eigenvalue weighted by Gasteiger charge is 2.56. The van der Waals surface area contributed by atoms with Gasteiger partial charge in [-0.25, -0.2) is 0 Å². The van der Waals surface area contributed by atoms with E-state index in [9.17, 15) is 0 Å². The molecule has 0 bridgehead atoms. The molecule has 0 unspecified atom stereocenters. The second kappa shape index (κ2) is 13.0. The molecule has 10 aromatic rings. The van der Waals surface area contributed by atoms with E-state index >= 15 is 0 Å². The first-order valence-corrected chi connectivity index (χ1v) is 29.4. The SMILES string of the molecule is CCCCc1sc(I)c2c1N1c3ccc4c5c3B(c3ccc6c(c31)N2c1ccc2c3c1B6c1cc6ccccc6c6c1N3c1c(cccc1S6)S2)c1cc2ccccc2c2c1N5c1c(cccc1S2)S4. The molecule has 0 fully saturated rings. The fraction of sp³-hybridized carbons (Fsp3) is 0.0690. The Kier molecular flexibility index (Phi) is 7.12. The van der Waals surface area contributed by atoms with E-state index in [0.717, 1.165) is 19.3 Å². The molecule has 9 aromatic carbocycles. The van der Waals surface area contributed by atoms with Crippen LogP contribution in [-0.4, -0.2) is 13.4 Å².